The van der Waals surface area contributed by atoms with Crippen molar-refractivity contribution in [3.8, 4) is 0 Å². The van der Waals surface area contributed by atoms with E-state index in [1.165, 1.54) is 0 Å². The second-order valence-corrected chi connectivity index (χ2v) is 5.97. The van der Waals surface area contributed by atoms with E-state index in [0.29, 0.717) is 5.25 Å². The van der Waals surface area contributed by atoms with Crippen LogP contribution in [0.1, 0.15) is 13.3 Å². The minimum absolute atomic E-state index is 0.489. The second-order valence-electron chi connectivity index (χ2n) is 4.54. The lowest BCUT2D eigenvalue weighted by Gasteiger charge is -2.10. The van der Waals surface area contributed by atoms with Gasteiger partial charge in [0, 0.05) is 25.5 Å². The van der Waals surface area contributed by atoms with Gasteiger partial charge >= 0.3 is 0 Å². The van der Waals surface area contributed by atoms with Crippen molar-refractivity contribution in [3.05, 3.63) is 24.3 Å². The van der Waals surface area contributed by atoms with Gasteiger partial charge in [-0.25, -0.2) is 4.98 Å². The fraction of sp³-hybridized carbons (Fsp3) is 0.500. The molecule has 5 heteroatoms. The number of H-pyrrole nitrogens is 1. The number of nitrogens with one attached hydrogen (secondary N) is 2. The first-order chi connectivity index (χ1) is 9.29. The molecule has 0 aliphatic carbocycles. The zero-order valence-electron chi connectivity index (χ0n) is 11.5. The van der Waals surface area contributed by atoms with E-state index < -0.39 is 0 Å². The lowest BCUT2D eigenvalue weighted by molar-refractivity contribution is 0.194. The minimum atomic E-state index is 0.489. The highest BCUT2D eigenvalue weighted by Gasteiger charge is 2.08. The topological polar surface area (TPSA) is 49.9 Å². The van der Waals surface area contributed by atoms with Gasteiger partial charge in [-0.05, 0) is 25.1 Å². The molecular weight excluding hydrogens is 258 g/mol. The summed E-state index contributed by atoms with van der Waals surface area (Å²) in [6.45, 7) is 5.00. The van der Waals surface area contributed by atoms with Crippen LogP contribution in [0.4, 0.5) is 0 Å². The van der Waals surface area contributed by atoms with Crippen molar-refractivity contribution in [2.75, 3.05) is 26.8 Å². The number of fused-ring (bicyclic) bond motifs is 1. The van der Waals surface area contributed by atoms with Crippen molar-refractivity contribution >= 4 is 22.8 Å². The number of aromatic nitrogens is 2. The fourth-order valence-corrected chi connectivity index (χ4v) is 2.77. The number of hydrogen-bond acceptors (Lipinski definition) is 4. The van der Waals surface area contributed by atoms with Gasteiger partial charge in [-0.3, -0.25) is 0 Å². The van der Waals surface area contributed by atoms with Gasteiger partial charge in [0.1, 0.15) is 0 Å². The van der Waals surface area contributed by atoms with Crippen molar-refractivity contribution in [3.63, 3.8) is 0 Å². The maximum atomic E-state index is 5.02. The summed E-state index contributed by atoms with van der Waals surface area (Å²) in [5.74, 6) is 0. The third-order valence-electron chi connectivity index (χ3n) is 2.81. The quantitative estimate of drug-likeness (QED) is 0.576. The maximum Gasteiger partial charge on any atom is 0.166 e. The van der Waals surface area contributed by atoms with Gasteiger partial charge < -0.3 is 15.0 Å². The largest absolute Gasteiger partial charge is 0.385 e. The SMILES string of the molecule is COCCCNCC(C)Sc1nc2ccccc2[nH]1. The Balaban J connectivity index is 1.76. The molecule has 19 heavy (non-hydrogen) atoms. The Morgan fingerprint density at radius 2 is 2.26 bits per heavy atom. The molecule has 0 saturated carbocycles. The predicted octanol–water partition coefficient (Wildman–Crippen LogP) is 2.67. The molecule has 4 nitrogen and oxygen atoms in total. The number of aromatic amines is 1. The summed E-state index contributed by atoms with van der Waals surface area (Å²) in [7, 11) is 1.74. The van der Waals surface area contributed by atoms with Crippen LogP contribution in [0.3, 0.4) is 0 Å². The molecule has 0 saturated heterocycles. The van der Waals surface area contributed by atoms with E-state index in [0.717, 1.165) is 42.3 Å². The van der Waals surface area contributed by atoms with Crippen molar-refractivity contribution in [1.29, 1.82) is 0 Å². The number of imidazole rings is 1. The molecule has 2 N–H and O–H groups in total. The number of thioether (sulfide) groups is 1. The lowest BCUT2D eigenvalue weighted by atomic mass is 10.3. The van der Waals surface area contributed by atoms with Crippen molar-refractivity contribution in [2.24, 2.45) is 0 Å². The maximum absolute atomic E-state index is 5.02. The molecule has 0 radical (unpaired) electrons. The first-order valence-electron chi connectivity index (χ1n) is 6.60. The number of para-hydroxylation sites is 2. The van der Waals surface area contributed by atoms with E-state index in [1.807, 2.05) is 18.2 Å². The molecule has 0 fully saturated rings. The lowest BCUT2D eigenvalue weighted by Crippen LogP contribution is -2.24. The van der Waals surface area contributed by atoms with Gasteiger partial charge in [-0.1, -0.05) is 30.8 Å². The van der Waals surface area contributed by atoms with Crippen LogP contribution in [-0.4, -0.2) is 42.0 Å². The van der Waals surface area contributed by atoms with Crippen LogP contribution < -0.4 is 5.32 Å². The monoisotopic (exact) mass is 279 g/mol. The van der Waals surface area contributed by atoms with Crippen molar-refractivity contribution in [1.82, 2.24) is 15.3 Å². The molecular formula is C14H21N3OS. The van der Waals surface area contributed by atoms with E-state index in [4.69, 9.17) is 4.74 Å². The number of nitrogens with zero attached hydrogens (tertiary/aromatic N) is 1. The predicted molar refractivity (Wildman–Crippen MR) is 80.8 cm³/mol. The summed E-state index contributed by atoms with van der Waals surface area (Å²) in [5.41, 5.74) is 2.13. The van der Waals surface area contributed by atoms with Crippen molar-refractivity contribution in [2.45, 2.75) is 23.8 Å². The van der Waals surface area contributed by atoms with E-state index in [9.17, 15) is 0 Å². The summed E-state index contributed by atoms with van der Waals surface area (Å²) < 4.78 is 5.02. The van der Waals surface area contributed by atoms with Crippen LogP contribution in [-0.2, 0) is 4.74 Å². The smallest absolute Gasteiger partial charge is 0.166 e. The van der Waals surface area contributed by atoms with Crippen LogP contribution in [0, 0.1) is 0 Å². The Hall–Kier alpha value is -1.04. The van der Waals surface area contributed by atoms with Crippen LogP contribution in [0.15, 0.2) is 29.4 Å². The second kappa shape index (κ2) is 7.53. The zero-order valence-corrected chi connectivity index (χ0v) is 12.3. The van der Waals surface area contributed by atoms with Crippen molar-refractivity contribution < 1.29 is 4.74 Å². The third-order valence-corrected chi connectivity index (χ3v) is 3.80. The zero-order chi connectivity index (χ0) is 13.5. The van der Waals surface area contributed by atoms with Crippen LogP contribution in [0.5, 0.6) is 0 Å². The Morgan fingerprint density at radius 1 is 1.42 bits per heavy atom. The number of methoxy groups -OCH3 is 1. The Bertz CT molecular complexity index is 467. The molecule has 1 unspecified atom stereocenters. The number of hydrogen-bond donors (Lipinski definition) is 2. The minimum Gasteiger partial charge on any atom is -0.385 e. The Morgan fingerprint density at radius 3 is 3.05 bits per heavy atom. The van der Waals surface area contributed by atoms with Gasteiger partial charge in [-0.2, -0.15) is 0 Å². The van der Waals surface area contributed by atoms with Crippen LogP contribution >= 0.6 is 11.8 Å². The molecule has 0 amide bonds. The van der Waals surface area contributed by atoms with Gasteiger partial charge in [0.25, 0.3) is 0 Å². The van der Waals surface area contributed by atoms with Gasteiger partial charge in [0.15, 0.2) is 5.16 Å². The summed E-state index contributed by atoms with van der Waals surface area (Å²) in [4.78, 5) is 7.91. The van der Waals surface area contributed by atoms with Gasteiger partial charge in [0.2, 0.25) is 0 Å². The summed E-state index contributed by atoms with van der Waals surface area (Å²) in [6, 6.07) is 8.12. The highest BCUT2D eigenvalue weighted by atomic mass is 32.2. The van der Waals surface area contributed by atoms with Crippen LogP contribution in [0.2, 0.25) is 0 Å². The molecule has 2 rings (SSSR count). The molecule has 1 aromatic heterocycles. The number of benzene rings is 1. The molecule has 2 aromatic rings. The Labute approximate surface area is 118 Å². The first kappa shape index (κ1) is 14.4. The number of rotatable bonds is 8. The highest BCUT2D eigenvalue weighted by molar-refractivity contribution is 7.99. The molecule has 1 aromatic carbocycles. The number of ether oxygens (including phenoxy) is 1. The summed E-state index contributed by atoms with van der Waals surface area (Å²) in [5, 5.41) is 4.91. The highest BCUT2D eigenvalue weighted by Crippen LogP contribution is 2.22. The summed E-state index contributed by atoms with van der Waals surface area (Å²) >= 11 is 1.77. The molecule has 0 bridgehead atoms. The Kier molecular flexibility index (Phi) is 5.69. The molecule has 1 atom stereocenters. The third kappa shape index (κ3) is 4.53. The molecule has 0 aliphatic rings. The summed E-state index contributed by atoms with van der Waals surface area (Å²) in [6.07, 6.45) is 1.05. The average molecular weight is 279 g/mol. The van der Waals surface area contributed by atoms with E-state index >= 15 is 0 Å². The molecule has 0 aliphatic heterocycles. The fourth-order valence-electron chi connectivity index (χ4n) is 1.86. The molecule has 0 spiro atoms. The van der Waals surface area contributed by atoms with E-state index in [-0.39, 0.29) is 0 Å². The van der Waals surface area contributed by atoms with Gasteiger partial charge in [-0.15, -0.1) is 0 Å². The van der Waals surface area contributed by atoms with Crippen LogP contribution in [0.25, 0.3) is 11.0 Å². The first-order valence-corrected chi connectivity index (χ1v) is 7.48. The molecule has 1 heterocycles. The average Bonchev–Trinajstić information content (AvgIpc) is 2.80. The van der Waals surface area contributed by atoms with E-state index in [1.54, 1.807) is 18.9 Å². The normalized spacial score (nSPS) is 12.9. The standard InChI is InChI=1S/C14H21N3OS/c1-11(10-15-8-5-9-18-2)19-14-16-12-6-3-4-7-13(12)17-14/h3-4,6-7,11,15H,5,8-10H2,1-2H3,(H,16,17). The van der Waals surface area contributed by atoms with E-state index in [2.05, 4.69) is 28.3 Å². The molecule has 104 valence electrons. The van der Waals surface area contributed by atoms with Gasteiger partial charge in [0.05, 0.1) is 11.0 Å².